The molecule has 0 aromatic carbocycles. The van der Waals surface area contributed by atoms with Gasteiger partial charge in [-0.05, 0) is 37.6 Å². The number of hydrogen-bond donors (Lipinski definition) is 0. The van der Waals surface area contributed by atoms with Crippen molar-refractivity contribution in [2.75, 3.05) is 19.6 Å². The Balaban J connectivity index is 1.69. The lowest BCUT2D eigenvalue weighted by atomic mass is 9.89. The summed E-state index contributed by atoms with van der Waals surface area (Å²) in [6.07, 6.45) is 9.24. The van der Waals surface area contributed by atoms with Crippen LogP contribution >= 0.6 is 0 Å². The van der Waals surface area contributed by atoms with Crippen molar-refractivity contribution >= 4 is 0 Å². The van der Waals surface area contributed by atoms with Crippen LogP contribution in [0.2, 0.25) is 0 Å². The van der Waals surface area contributed by atoms with Crippen molar-refractivity contribution in [2.24, 2.45) is 11.8 Å². The van der Waals surface area contributed by atoms with Crippen molar-refractivity contribution in [2.45, 2.75) is 44.9 Å². The van der Waals surface area contributed by atoms with Crippen LogP contribution in [0.15, 0.2) is 0 Å². The Morgan fingerprint density at radius 1 is 1.07 bits per heavy atom. The van der Waals surface area contributed by atoms with E-state index in [0.717, 1.165) is 12.3 Å². The largest absolute Gasteiger partial charge is 0.303 e. The van der Waals surface area contributed by atoms with E-state index in [1.54, 1.807) is 0 Å². The summed E-state index contributed by atoms with van der Waals surface area (Å²) in [6, 6.07) is 2.31. The predicted molar refractivity (Wildman–Crippen MR) is 61.4 cm³/mol. The quantitative estimate of drug-likeness (QED) is 0.710. The summed E-state index contributed by atoms with van der Waals surface area (Å²) in [7, 11) is 0. The fourth-order valence-electron chi connectivity index (χ4n) is 3.11. The summed E-state index contributed by atoms with van der Waals surface area (Å²) in [6.45, 7) is 3.73. The number of rotatable bonds is 3. The number of nitriles is 1. The van der Waals surface area contributed by atoms with Crippen molar-refractivity contribution in [3.8, 4) is 6.07 Å². The summed E-state index contributed by atoms with van der Waals surface area (Å²) in [5.41, 5.74) is 0. The van der Waals surface area contributed by atoms with E-state index in [4.69, 9.17) is 5.26 Å². The van der Waals surface area contributed by atoms with Crippen LogP contribution in [0.5, 0.6) is 0 Å². The normalized spacial score (nSPS) is 29.1. The number of hydrogen-bond acceptors (Lipinski definition) is 2. The van der Waals surface area contributed by atoms with Gasteiger partial charge in [0.2, 0.25) is 0 Å². The maximum absolute atomic E-state index is 8.67. The average molecular weight is 206 g/mol. The van der Waals surface area contributed by atoms with E-state index in [9.17, 15) is 0 Å². The minimum atomic E-state index is 0.665. The van der Waals surface area contributed by atoms with Crippen LogP contribution < -0.4 is 0 Å². The van der Waals surface area contributed by atoms with Gasteiger partial charge in [-0.3, -0.25) is 0 Å². The minimum absolute atomic E-state index is 0.665. The monoisotopic (exact) mass is 206 g/mol. The Bertz CT molecular complexity index is 225. The standard InChI is InChI=1S/C13H22N2/c14-8-6-13-7-9-15(11-13)10-12-4-2-1-3-5-12/h12-13H,1-7,9-11H2. The van der Waals surface area contributed by atoms with E-state index >= 15 is 0 Å². The van der Waals surface area contributed by atoms with Crippen LogP contribution in [0.4, 0.5) is 0 Å². The van der Waals surface area contributed by atoms with Gasteiger partial charge < -0.3 is 4.90 Å². The minimum Gasteiger partial charge on any atom is -0.303 e. The fraction of sp³-hybridized carbons (Fsp3) is 0.923. The first-order valence-electron chi connectivity index (χ1n) is 6.48. The van der Waals surface area contributed by atoms with Gasteiger partial charge >= 0.3 is 0 Å². The van der Waals surface area contributed by atoms with Gasteiger partial charge in [-0.1, -0.05) is 19.3 Å². The smallest absolute Gasteiger partial charge is 0.0625 e. The van der Waals surface area contributed by atoms with Crippen molar-refractivity contribution < 1.29 is 0 Å². The van der Waals surface area contributed by atoms with Crippen LogP contribution in [0, 0.1) is 23.2 Å². The molecule has 1 atom stereocenters. The first kappa shape index (κ1) is 11.0. The van der Waals surface area contributed by atoms with E-state index in [1.165, 1.54) is 58.2 Å². The van der Waals surface area contributed by atoms with Crippen LogP contribution in [-0.4, -0.2) is 24.5 Å². The molecule has 1 unspecified atom stereocenters. The lowest BCUT2D eigenvalue weighted by Gasteiger charge is -2.26. The predicted octanol–water partition coefficient (Wildman–Crippen LogP) is 2.80. The van der Waals surface area contributed by atoms with Gasteiger partial charge in [0.1, 0.15) is 0 Å². The van der Waals surface area contributed by atoms with Crippen molar-refractivity contribution in [1.29, 1.82) is 5.26 Å². The van der Waals surface area contributed by atoms with Gasteiger partial charge in [-0.2, -0.15) is 5.26 Å². The molecule has 1 aliphatic carbocycles. The van der Waals surface area contributed by atoms with Gasteiger partial charge in [-0.15, -0.1) is 0 Å². The first-order valence-corrected chi connectivity index (χ1v) is 6.48. The third-order valence-electron chi connectivity index (χ3n) is 3.99. The second-order valence-corrected chi connectivity index (χ2v) is 5.28. The summed E-state index contributed by atoms with van der Waals surface area (Å²) >= 11 is 0. The molecule has 0 radical (unpaired) electrons. The zero-order chi connectivity index (χ0) is 10.5. The second kappa shape index (κ2) is 5.51. The van der Waals surface area contributed by atoms with Crippen LogP contribution in [0.3, 0.4) is 0 Å². The molecule has 84 valence electrons. The summed E-state index contributed by atoms with van der Waals surface area (Å²) in [5, 5.41) is 8.67. The highest BCUT2D eigenvalue weighted by molar-refractivity contribution is 4.84. The lowest BCUT2D eigenvalue weighted by Crippen LogP contribution is -2.28. The average Bonchev–Trinajstić information content (AvgIpc) is 2.68. The molecule has 1 aliphatic heterocycles. The van der Waals surface area contributed by atoms with E-state index < -0.39 is 0 Å². The molecular weight excluding hydrogens is 184 g/mol. The molecule has 2 fully saturated rings. The Hall–Kier alpha value is -0.550. The van der Waals surface area contributed by atoms with Gasteiger partial charge in [0.05, 0.1) is 6.07 Å². The highest BCUT2D eigenvalue weighted by Crippen LogP contribution is 2.27. The molecule has 1 saturated carbocycles. The lowest BCUT2D eigenvalue weighted by molar-refractivity contribution is 0.228. The first-order chi connectivity index (χ1) is 7.38. The molecular formula is C13H22N2. The maximum atomic E-state index is 8.67. The Morgan fingerprint density at radius 2 is 1.87 bits per heavy atom. The maximum Gasteiger partial charge on any atom is 0.0625 e. The Kier molecular flexibility index (Phi) is 4.02. The molecule has 0 bridgehead atoms. The van der Waals surface area contributed by atoms with Crippen LogP contribution in [-0.2, 0) is 0 Å². The third-order valence-corrected chi connectivity index (χ3v) is 3.99. The van der Waals surface area contributed by atoms with Gasteiger partial charge in [0.15, 0.2) is 0 Å². The van der Waals surface area contributed by atoms with Gasteiger partial charge in [0, 0.05) is 19.5 Å². The zero-order valence-electron chi connectivity index (χ0n) is 9.62. The van der Waals surface area contributed by atoms with Crippen molar-refractivity contribution in [1.82, 2.24) is 4.90 Å². The molecule has 2 rings (SSSR count). The molecule has 2 aliphatic rings. The molecule has 0 spiro atoms. The number of nitrogens with zero attached hydrogens (tertiary/aromatic N) is 2. The second-order valence-electron chi connectivity index (χ2n) is 5.28. The summed E-state index contributed by atoms with van der Waals surface area (Å²) in [4.78, 5) is 2.60. The Labute approximate surface area is 93.3 Å². The van der Waals surface area contributed by atoms with E-state index in [2.05, 4.69) is 11.0 Å². The van der Waals surface area contributed by atoms with Crippen molar-refractivity contribution in [3.63, 3.8) is 0 Å². The summed E-state index contributed by atoms with van der Waals surface area (Å²) < 4.78 is 0. The van der Waals surface area contributed by atoms with Gasteiger partial charge in [0.25, 0.3) is 0 Å². The Morgan fingerprint density at radius 3 is 2.60 bits per heavy atom. The number of likely N-dealkylation sites (tertiary alicyclic amines) is 1. The van der Waals surface area contributed by atoms with E-state index in [1.807, 2.05) is 0 Å². The molecule has 0 N–H and O–H groups in total. The van der Waals surface area contributed by atoms with Crippen molar-refractivity contribution in [3.05, 3.63) is 0 Å². The summed E-state index contributed by atoms with van der Waals surface area (Å²) in [5.74, 6) is 1.62. The fourth-order valence-corrected chi connectivity index (χ4v) is 3.11. The highest BCUT2D eigenvalue weighted by Gasteiger charge is 2.24. The molecule has 0 amide bonds. The van der Waals surface area contributed by atoms with Gasteiger partial charge in [-0.25, -0.2) is 0 Å². The molecule has 2 nitrogen and oxygen atoms in total. The van der Waals surface area contributed by atoms with Crippen LogP contribution in [0.1, 0.15) is 44.9 Å². The van der Waals surface area contributed by atoms with Crippen LogP contribution in [0.25, 0.3) is 0 Å². The molecule has 15 heavy (non-hydrogen) atoms. The zero-order valence-corrected chi connectivity index (χ0v) is 9.62. The molecule has 0 aromatic heterocycles. The molecule has 2 heteroatoms. The highest BCUT2D eigenvalue weighted by atomic mass is 15.1. The van der Waals surface area contributed by atoms with E-state index in [-0.39, 0.29) is 0 Å². The topological polar surface area (TPSA) is 27.0 Å². The molecule has 0 aromatic rings. The molecule has 1 saturated heterocycles. The molecule has 1 heterocycles. The third kappa shape index (κ3) is 3.21. The van der Waals surface area contributed by atoms with E-state index in [0.29, 0.717) is 5.92 Å². The SMILES string of the molecule is N#CCC1CCN(CC2CCCCC2)C1.